The van der Waals surface area contributed by atoms with Gasteiger partial charge in [-0.1, -0.05) is 6.42 Å². The Morgan fingerprint density at radius 3 is 2.56 bits per heavy atom. The van der Waals surface area contributed by atoms with Crippen LogP contribution in [0, 0.1) is 0 Å². The van der Waals surface area contributed by atoms with E-state index in [0.29, 0.717) is 11.5 Å². The highest BCUT2D eigenvalue weighted by atomic mass is 16.4. The van der Waals surface area contributed by atoms with Crippen molar-refractivity contribution in [1.29, 1.82) is 0 Å². The van der Waals surface area contributed by atoms with Crippen molar-refractivity contribution >= 4 is 5.97 Å². The van der Waals surface area contributed by atoms with E-state index in [9.17, 15) is 9.90 Å². The summed E-state index contributed by atoms with van der Waals surface area (Å²) in [7, 11) is 0. The first-order valence-corrected chi connectivity index (χ1v) is 6.24. The van der Waals surface area contributed by atoms with Gasteiger partial charge in [0.25, 0.3) is 0 Å². The lowest BCUT2D eigenvalue weighted by molar-refractivity contribution is 0.0693. The lowest BCUT2D eigenvalue weighted by Crippen LogP contribution is -2.14. The van der Waals surface area contributed by atoms with Gasteiger partial charge < -0.3 is 10.1 Å². The molecule has 2 aliphatic rings. The molecule has 2 aliphatic carbocycles. The monoisotopic (exact) mass is 219 g/mol. The zero-order valence-electron chi connectivity index (χ0n) is 9.38. The van der Waals surface area contributed by atoms with Crippen molar-refractivity contribution in [3.05, 3.63) is 22.5 Å². The average molecular weight is 219 g/mol. The number of hydrogen-bond acceptors (Lipinski definition) is 1. The van der Waals surface area contributed by atoms with E-state index in [1.165, 1.54) is 18.5 Å². The maximum absolute atomic E-state index is 11.4. The fourth-order valence-corrected chi connectivity index (χ4v) is 2.95. The van der Waals surface area contributed by atoms with Gasteiger partial charge in [-0.15, -0.1) is 0 Å². The van der Waals surface area contributed by atoms with Gasteiger partial charge >= 0.3 is 5.97 Å². The molecule has 1 fully saturated rings. The normalized spacial score (nSPS) is 20.2. The zero-order valence-corrected chi connectivity index (χ0v) is 9.38. The summed E-state index contributed by atoms with van der Waals surface area (Å²) in [5.41, 5.74) is 3.93. The number of aromatic carboxylic acids is 1. The smallest absolute Gasteiger partial charge is 0.337 e. The van der Waals surface area contributed by atoms with Crippen molar-refractivity contribution in [3.8, 4) is 0 Å². The molecule has 0 aliphatic heterocycles. The Morgan fingerprint density at radius 1 is 1.19 bits per heavy atom. The molecular weight excluding hydrogens is 202 g/mol. The summed E-state index contributed by atoms with van der Waals surface area (Å²) in [6.45, 7) is 0. The molecule has 0 amide bonds. The van der Waals surface area contributed by atoms with Crippen LogP contribution >= 0.6 is 0 Å². The van der Waals surface area contributed by atoms with Crippen LogP contribution in [0.3, 0.4) is 0 Å². The lowest BCUT2D eigenvalue weighted by atomic mass is 9.81. The summed E-state index contributed by atoms with van der Waals surface area (Å²) < 4.78 is 0. The number of aromatic nitrogens is 1. The highest BCUT2D eigenvalue weighted by molar-refractivity contribution is 5.91. The second kappa shape index (κ2) is 3.65. The summed E-state index contributed by atoms with van der Waals surface area (Å²) in [5, 5.41) is 9.36. The number of carboxylic acids is 1. The zero-order chi connectivity index (χ0) is 11.1. The maximum atomic E-state index is 11.4. The van der Waals surface area contributed by atoms with Crippen LogP contribution in [-0.2, 0) is 12.8 Å². The summed E-state index contributed by atoms with van der Waals surface area (Å²) >= 11 is 0. The predicted molar refractivity (Wildman–Crippen MR) is 61.0 cm³/mol. The minimum Gasteiger partial charge on any atom is -0.478 e. The number of hydrogen-bond donors (Lipinski definition) is 2. The lowest BCUT2D eigenvalue weighted by Gasteiger charge is -2.25. The van der Waals surface area contributed by atoms with Crippen LogP contribution in [-0.4, -0.2) is 16.1 Å². The molecule has 1 aromatic heterocycles. The van der Waals surface area contributed by atoms with Crippen LogP contribution in [0.5, 0.6) is 0 Å². The second-order valence-corrected chi connectivity index (χ2v) is 5.01. The largest absolute Gasteiger partial charge is 0.478 e. The van der Waals surface area contributed by atoms with E-state index in [0.717, 1.165) is 43.4 Å². The molecule has 1 saturated carbocycles. The fourth-order valence-electron chi connectivity index (χ4n) is 2.95. The van der Waals surface area contributed by atoms with Crippen molar-refractivity contribution in [1.82, 2.24) is 4.98 Å². The third-order valence-electron chi connectivity index (χ3n) is 4.05. The number of fused-ring (bicyclic) bond motifs is 1. The van der Waals surface area contributed by atoms with Crippen LogP contribution in [0.2, 0.25) is 0 Å². The molecule has 86 valence electrons. The van der Waals surface area contributed by atoms with Crippen LogP contribution in [0.1, 0.15) is 65.3 Å². The van der Waals surface area contributed by atoms with Gasteiger partial charge in [-0.25, -0.2) is 4.79 Å². The van der Waals surface area contributed by atoms with Crippen molar-refractivity contribution < 1.29 is 9.90 Å². The first kappa shape index (κ1) is 9.94. The molecule has 3 heteroatoms. The Labute approximate surface area is 94.9 Å². The molecule has 0 radical (unpaired) electrons. The standard InChI is InChI=1S/C13H17NO2/c15-13(16)11-9-6-1-2-7-10(9)14-12(11)8-4-3-5-8/h8,14H,1-7H2,(H,15,16). The molecule has 16 heavy (non-hydrogen) atoms. The highest BCUT2D eigenvalue weighted by Gasteiger charge is 2.31. The van der Waals surface area contributed by atoms with Crippen LogP contribution in [0.4, 0.5) is 0 Å². The summed E-state index contributed by atoms with van der Waals surface area (Å²) in [6, 6.07) is 0. The van der Waals surface area contributed by atoms with Gasteiger partial charge in [0.15, 0.2) is 0 Å². The fraction of sp³-hybridized carbons (Fsp3) is 0.615. The Kier molecular flexibility index (Phi) is 2.27. The Morgan fingerprint density at radius 2 is 1.94 bits per heavy atom. The SMILES string of the molecule is O=C(O)c1c(C2CCC2)[nH]c2c1CCCC2. The molecule has 1 aromatic rings. The van der Waals surface area contributed by atoms with Gasteiger partial charge in [-0.2, -0.15) is 0 Å². The maximum Gasteiger partial charge on any atom is 0.337 e. The van der Waals surface area contributed by atoms with E-state index in [1.807, 2.05) is 0 Å². The van der Waals surface area contributed by atoms with Crippen molar-refractivity contribution in [3.63, 3.8) is 0 Å². The number of nitrogens with one attached hydrogen (secondary N) is 1. The van der Waals surface area contributed by atoms with Crippen LogP contribution < -0.4 is 0 Å². The predicted octanol–water partition coefficient (Wildman–Crippen LogP) is 2.86. The van der Waals surface area contributed by atoms with Gasteiger partial charge in [0.1, 0.15) is 0 Å². The van der Waals surface area contributed by atoms with Crippen molar-refractivity contribution in [2.45, 2.75) is 50.9 Å². The Hall–Kier alpha value is -1.25. The number of carboxylic acid groups (broad SMARTS) is 1. The molecular formula is C13H17NO2. The quantitative estimate of drug-likeness (QED) is 0.803. The van der Waals surface area contributed by atoms with Crippen LogP contribution in [0.15, 0.2) is 0 Å². The molecule has 0 spiro atoms. The van der Waals surface area contributed by atoms with Gasteiger partial charge in [0.05, 0.1) is 5.56 Å². The van der Waals surface area contributed by atoms with E-state index < -0.39 is 5.97 Å². The van der Waals surface area contributed by atoms with Crippen molar-refractivity contribution in [2.75, 3.05) is 0 Å². The van der Waals surface area contributed by atoms with E-state index in [4.69, 9.17) is 0 Å². The molecule has 3 nitrogen and oxygen atoms in total. The minimum atomic E-state index is -0.735. The van der Waals surface area contributed by atoms with E-state index >= 15 is 0 Å². The second-order valence-electron chi connectivity index (χ2n) is 5.01. The Bertz CT molecular complexity index is 429. The van der Waals surface area contributed by atoms with Gasteiger partial charge in [-0.3, -0.25) is 0 Å². The molecule has 0 atom stereocenters. The third-order valence-corrected chi connectivity index (χ3v) is 4.05. The topological polar surface area (TPSA) is 53.1 Å². The number of carbonyl (C=O) groups is 1. The third kappa shape index (κ3) is 1.38. The summed E-state index contributed by atoms with van der Waals surface area (Å²) in [5.74, 6) is -0.252. The first-order valence-electron chi connectivity index (χ1n) is 6.24. The number of aromatic amines is 1. The van der Waals surface area contributed by atoms with Gasteiger partial charge in [0, 0.05) is 11.4 Å². The number of rotatable bonds is 2. The molecule has 0 bridgehead atoms. The number of aryl methyl sites for hydroxylation is 1. The molecule has 2 N–H and O–H groups in total. The highest BCUT2D eigenvalue weighted by Crippen LogP contribution is 2.40. The molecule has 0 aromatic carbocycles. The minimum absolute atomic E-state index is 0.483. The average Bonchev–Trinajstić information content (AvgIpc) is 2.53. The van der Waals surface area contributed by atoms with Gasteiger partial charge in [-0.05, 0) is 50.0 Å². The Balaban J connectivity index is 2.08. The molecule has 3 rings (SSSR count). The molecule has 0 unspecified atom stereocenters. The van der Waals surface area contributed by atoms with E-state index in [-0.39, 0.29) is 0 Å². The molecule has 0 saturated heterocycles. The number of H-pyrrole nitrogens is 1. The van der Waals surface area contributed by atoms with E-state index in [2.05, 4.69) is 4.98 Å². The first-order chi connectivity index (χ1) is 7.77. The molecule has 1 heterocycles. The van der Waals surface area contributed by atoms with Crippen LogP contribution in [0.25, 0.3) is 0 Å². The van der Waals surface area contributed by atoms with Crippen molar-refractivity contribution in [2.24, 2.45) is 0 Å². The summed E-state index contributed by atoms with van der Waals surface area (Å²) in [6.07, 6.45) is 7.85. The summed E-state index contributed by atoms with van der Waals surface area (Å²) in [4.78, 5) is 14.8. The van der Waals surface area contributed by atoms with Gasteiger partial charge in [0.2, 0.25) is 0 Å². The van der Waals surface area contributed by atoms with E-state index in [1.54, 1.807) is 0 Å².